The number of hydrogen-bond acceptors (Lipinski definition) is 5. The molecule has 1 fully saturated rings. The molecule has 2 aromatic rings. The van der Waals surface area contributed by atoms with Crippen LogP contribution in [0.3, 0.4) is 0 Å². The second-order valence-electron chi connectivity index (χ2n) is 7.06. The van der Waals surface area contributed by atoms with Crippen molar-refractivity contribution in [2.45, 2.75) is 43.3 Å². The average Bonchev–Trinajstić information content (AvgIpc) is 3.16. The van der Waals surface area contributed by atoms with Gasteiger partial charge in [0.15, 0.2) is 5.13 Å². The fourth-order valence-corrected chi connectivity index (χ4v) is 4.76. The number of nitrogens with one attached hydrogen (secondary N) is 1. The first kappa shape index (κ1) is 19.2. The van der Waals surface area contributed by atoms with Gasteiger partial charge in [-0.2, -0.15) is 0 Å². The predicted octanol–water partition coefficient (Wildman–Crippen LogP) is 4.22. The molecular formula is C20H27N3OS2. The van der Waals surface area contributed by atoms with Crippen LogP contribution in [0.4, 0.5) is 5.13 Å². The van der Waals surface area contributed by atoms with Gasteiger partial charge >= 0.3 is 0 Å². The molecular weight excluding hydrogens is 362 g/mol. The molecule has 6 heteroatoms. The van der Waals surface area contributed by atoms with Crippen LogP contribution in [0, 0.1) is 5.92 Å². The van der Waals surface area contributed by atoms with Gasteiger partial charge in [0.1, 0.15) is 0 Å². The van der Waals surface area contributed by atoms with Crippen LogP contribution in [0.5, 0.6) is 0 Å². The summed E-state index contributed by atoms with van der Waals surface area (Å²) in [4.78, 5) is 20.3. The number of thiazole rings is 1. The van der Waals surface area contributed by atoms with Crippen molar-refractivity contribution in [2.24, 2.45) is 5.92 Å². The van der Waals surface area contributed by atoms with Crippen LogP contribution in [-0.4, -0.2) is 35.8 Å². The number of amides is 1. The molecule has 0 spiro atoms. The lowest BCUT2D eigenvalue weighted by atomic mass is 9.98. The molecule has 1 aromatic heterocycles. The zero-order valence-electron chi connectivity index (χ0n) is 15.5. The highest BCUT2D eigenvalue weighted by atomic mass is 32.2. The number of hydrogen-bond donors (Lipinski definition) is 1. The molecule has 140 valence electrons. The van der Waals surface area contributed by atoms with E-state index in [0.717, 1.165) is 36.8 Å². The van der Waals surface area contributed by atoms with E-state index < -0.39 is 0 Å². The van der Waals surface area contributed by atoms with Gasteiger partial charge in [0.2, 0.25) is 5.91 Å². The lowest BCUT2D eigenvalue weighted by molar-refractivity contribution is -0.120. The van der Waals surface area contributed by atoms with Crippen molar-refractivity contribution >= 4 is 34.1 Å². The second-order valence-corrected chi connectivity index (χ2v) is 9.58. The van der Waals surface area contributed by atoms with Crippen LogP contribution in [0.15, 0.2) is 40.7 Å². The molecule has 0 unspecified atom stereocenters. The van der Waals surface area contributed by atoms with E-state index in [9.17, 15) is 4.79 Å². The highest BCUT2D eigenvalue weighted by molar-refractivity contribution is 7.99. The monoisotopic (exact) mass is 389 g/mol. The van der Waals surface area contributed by atoms with E-state index in [1.54, 1.807) is 11.3 Å². The molecule has 1 aromatic carbocycles. The Labute approximate surface area is 164 Å². The smallest absolute Gasteiger partial charge is 0.224 e. The van der Waals surface area contributed by atoms with E-state index in [4.69, 9.17) is 0 Å². The zero-order chi connectivity index (χ0) is 18.4. The fourth-order valence-electron chi connectivity index (χ4n) is 3.24. The third-order valence-corrected chi connectivity index (χ3v) is 6.30. The minimum absolute atomic E-state index is 0.112. The molecule has 1 N–H and O–H groups in total. The van der Waals surface area contributed by atoms with Gasteiger partial charge < -0.3 is 10.2 Å². The third kappa shape index (κ3) is 5.74. The SMILES string of the molecule is CC(C)Sc1ccc(CC(=O)NC[C@@H]2CCCN(c3nccs3)C2)cc1. The Morgan fingerprint density at radius 3 is 2.88 bits per heavy atom. The summed E-state index contributed by atoms with van der Waals surface area (Å²) in [6.45, 7) is 7.18. The Hall–Kier alpha value is -1.53. The standard InChI is InChI=1S/C20H27N3OS2/c1-15(2)26-18-7-5-16(6-8-18)12-19(24)22-13-17-4-3-10-23(14-17)20-21-9-11-25-20/h5-9,11,15,17H,3-4,10,12-14H2,1-2H3,(H,22,24)/t17-/m0/s1. The largest absolute Gasteiger partial charge is 0.355 e. The van der Waals surface area contributed by atoms with E-state index in [1.807, 2.05) is 23.3 Å². The molecule has 1 aliphatic rings. The first-order valence-electron chi connectivity index (χ1n) is 9.27. The summed E-state index contributed by atoms with van der Waals surface area (Å²) in [6, 6.07) is 8.35. The van der Waals surface area contributed by atoms with Crippen molar-refractivity contribution in [3.8, 4) is 0 Å². The number of aromatic nitrogens is 1. The lowest BCUT2D eigenvalue weighted by Crippen LogP contribution is -2.41. The maximum atomic E-state index is 12.3. The Morgan fingerprint density at radius 1 is 1.38 bits per heavy atom. The van der Waals surface area contributed by atoms with Crippen LogP contribution in [0.1, 0.15) is 32.3 Å². The van der Waals surface area contributed by atoms with Crippen molar-refractivity contribution in [1.29, 1.82) is 0 Å². The first-order chi connectivity index (χ1) is 12.6. The van der Waals surface area contributed by atoms with Crippen LogP contribution in [0.2, 0.25) is 0 Å². The van der Waals surface area contributed by atoms with Gasteiger partial charge in [-0.05, 0) is 36.5 Å². The Bertz CT molecular complexity index is 686. The van der Waals surface area contributed by atoms with Gasteiger partial charge in [-0.3, -0.25) is 4.79 Å². The number of thioether (sulfide) groups is 1. The molecule has 26 heavy (non-hydrogen) atoms. The highest BCUT2D eigenvalue weighted by Gasteiger charge is 2.21. The number of piperidine rings is 1. The fraction of sp³-hybridized carbons (Fsp3) is 0.500. The predicted molar refractivity (Wildman–Crippen MR) is 111 cm³/mol. The van der Waals surface area contributed by atoms with Crippen molar-refractivity contribution in [2.75, 3.05) is 24.5 Å². The summed E-state index contributed by atoms with van der Waals surface area (Å²) >= 11 is 3.53. The molecule has 0 saturated carbocycles. The average molecular weight is 390 g/mol. The van der Waals surface area contributed by atoms with Crippen LogP contribution in [-0.2, 0) is 11.2 Å². The second kappa shape index (κ2) is 9.42. The van der Waals surface area contributed by atoms with Crippen LogP contribution < -0.4 is 10.2 Å². The van der Waals surface area contributed by atoms with Crippen molar-refractivity contribution in [3.63, 3.8) is 0 Å². The van der Waals surface area contributed by atoms with Crippen molar-refractivity contribution < 1.29 is 4.79 Å². The van der Waals surface area contributed by atoms with Crippen molar-refractivity contribution in [3.05, 3.63) is 41.4 Å². The molecule has 0 bridgehead atoms. The number of carbonyl (C=O) groups excluding carboxylic acids is 1. The van der Waals surface area contributed by atoms with E-state index in [0.29, 0.717) is 17.6 Å². The summed E-state index contributed by atoms with van der Waals surface area (Å²) in [5.74, 6) is 0.613. The normalized spacial score (nSPS) is 17.5. The van der Waals surface area contributed by atoms with E-state index in [-0.39, 0.29) is 5.91 Å². The third-order valence-electron chi connectivity index (χ3n) is 4.46. The lowest BCUT2D eigenvalue weighted by Gasteiger charge is -2.32. The van der Waals surface area contributed by atoms with E-state index in [2.05, 4.69) is 53.3 Å². The summed E-state index contributed by atoms with van der Waals surface area (Å²) in [5, 5.41) is 6.82. The summed E-state index contributed by atoms with van der Waals surface area (Å²) < 4.78 is 0. The Kier molecular flexibility index (Phi) is 6.97. The van der Waals surface area contributed by atoms with Gasteiger partial charge in [0.05, 0.1) is 6.42 Å². The minimum Gasteiger partial charge on any atom is -0.355 e. The van der Waals surface area contributed by atoms with Gasteiger partial charge in [-0.15, -0.1) is 23.1 Å². The molecule has 2 heterocycles. The summed E-state index contributed by atoms with van der Waals surface area (Å²) in [6.07, 6.45) is 4.64. The molecule has 4 nitrogen and oxygen atoms in total. The Balaban J connectivity index is 1.43. The quantitative estimate of drug-likeness (QED) is 0.720. The first-order valence-corrected chi connectivity index (χ1v) is 11.0. The van der Waals surface area contributed by atoms with Crippen LogP contribution >= 0.6 is 23.1 Å². The number of benzene rings is 1. The molecule has 3 rings (SSSR count). The van der Waals surface area contributed by atoms with Gasteiger partial charge in [0, 0.05) is 41.4 Å². The topological polar surface area (TPSA) is 45.2 Å². The van der Waals surface area contributed by atoms with E-state index >= 15 is 0 Å². The number of carbonyl (C=O) groups is 1. The zero-order valence-corrected chi connectivity index (χ0v) is 17.1. The molecule has 0 aliphatic carbocycles. The summed E-state index contributed by atoms with van der Waals surface area (Å²) in [7, 11) is 0. The minimum atomic E-state index is 0.112. The molecule has 1 aliphatic heterocycles. The number of rotatable bonds is 7. The molecule has 1 atom stereocenters. The van der Waals surface area contributed by atoms with E-state index in [1.165, 1.54) is 11.3 Å². The van der Waals surface area contributed by atoms with Gasteiger partial charge in [-0.25, -0.2) is 4.98 Å². The van der Waals surface area contributed by atoms with Crippen molar-refractivity contribution in [1.82, 2.24) is 10.3 Å². The molecule has 0 radical (unpaired) electrons. The molecule has 1 saturated heterocycles. The van der Waals surface area contributed by atoms with Crippen LogP contribution in [0.25, 0.3) is 0 Å². The summed E-state index contributed by atoms with van der Waals surface area (Å²) in [5.41, 5.74) is 1.07. The Morgan fingerprint density at radius 2 is 2.19 bits per heavy atom. The number of nitrogens with zero attached hydrogens (tertiary/aromatic N) is 2. The van der Waals surface area contributed by atoms with Gasteiger partial charge in [-0.1, -0.05) is 26.0 Å². The maximum absolute atomic E-state index is 12.3. The number of anilines is 1. The molecule has 1 amide bonds. The van der Waals surface area contributed by atoms with Gasteiger partial charge in [0.25, 0.3) is 0 Å². The maximum Gasteiger partial charge on any atom is 0.224 e. The highest BCUT2D eigenvalue weighted by Crippen LogP contribution is 2.25.